The molecule has 0 radical (unpaired) electrons. The van der Waals surface area contributed by atoms with Crippen molar-refractivity contribution >= 4 is 11.8 Å². The van der Waals surface area contributed by atoms with Crippen molar-refractivity contribution in [2.75, 3.05) is 17.2 Å². The highest BCUT2D eigenvalue weighted by atomic mass is 16.3. The number of anilines is 2. The molecule has 5 heteroatoms. The predicted molar refractivity (Wildman–Crippen MR) is 81.0 cm³/mol. The van der Waals surface area contributed by atoms with Gasteiger partial charge in [-0.05, 0) is 39.3 Å². The van der Waals surface area contributed by atoms with Crippen LogP contribution in [-0.2, 0) is 0 Å². The van der Waals surface area contributed by atoms with Gasteiger partial charge in [-0.25, -0.2) is 4.98 Å². The van der Waals surface area contributed by atoms with Crippen molar-refractivity contribution < 1.29 is 4.42 Å². The minimum atomic E-state index is 0.0660. The molecule has 20 heavy (non-hydrogen) atoms. The number of nitrogens with zero attached hydrogens (tertiary/aromatic N) is 2. The Morgan fingerprint density at radius 2 is 2.10 bits per heavy atom. The van der Waals surface area contributed by atoms with Gasteiger partial charge in [-0.1, -0.05) is 6.92 Å². The zero-order valence-electron chi connectivity index (χ0n) is 12.5. The lowest BCUT2D eigenvalue weighted by Gasteiger charge is -2.15. The molecular formula is C15H22N4O. The fourth-order valence-corrected chi connectivity index (χ4v) is 1.87. The van der Waals surface area contributed by atoms with E-state index in [1.54, 1.807) is 0 Å². The summed E-state index contributed by atoms with van der Waals surface area (Å²) in [6.45, 7) is 8.97. The average molecular weight is 274 g/mol. The molecule has 5 nitrogen and oxygen atoms in total. The number of aryl methyl sites for hydroxylation is 2. The Hall–Kier alpha value is -2.04. The van der Waals surface area contributed by atoms with Gasteiger partial charge in [0.15, 0.2) is 0 Å². The highest BCUT2D eigenvalue weighted by Gasteiger charge is 2.12. The summed E-state index contributed by atoms with van der Waals surface area (Å²) >= 11 is 0. The van der Waals surface area contributed by atoms with Crippen molar-refractivity contribution in [1.29, 1.82) is 0 Å². The molecule has 1 atom stereocenters. The molecule has 1 unspecified atom stereocenters. The van der Waals surface area contributed by atoms with Crippen molar-refractivity contribution in [3.63, 3.8) is 0 Å². The summed E-state index contributed by atoms with van der Waals surface area (Å²) in [5.74, 6) is 3.31. The number of nitrogens with one attached hydrogen (secondary N) is 2. The second-order valence-electron chi connectivity index (χ2n) is 4.97. The van der Waals surface area contributed by atoms with Crippen LogP contribution in [-0.4, -0.2) is 16.5 Å². The molecule has 0 aliphatic heterocycles. The molecule has 0 bridgehead atoms. The van der Waals surface area contributed by atoms with Crippen LogP contribution in [0, 0.1) is 13.8 Å². The van der Waals surface area contributed by atoms with E-state index < -0.39 is 0 Å². The maximum Gasteiger partial charge on any atom is 0.224 e. The largest absolute Gasteiger partial charge is 0.464 e. The molecule has 0 aliphatic carbocycles. The van der Waals surface area contributed by atoms with Gasteiger partial charge in [-0.15, -0.1) is 0 Å². The lowest BCUT2D eigenvalue weighted by Crippen LogP contribution is -2.11. The quantitative estimate of drug-likeness (QED) is 0.841. The van der Waals surface area contributed by atoms with Crippen LogP contribution < -0.4 is 10.6 Å². The number of hydrogen-bond acceptors (Lipinski definition) is 5. The predicted octanol–water partition coefficient (Wildman–Crippen LogP) is 3.68. The first-order valence-corrected chi connectivity index (χ1v) is 7.00. The second-order valence-corrected chi connectivity index (χ2v) is 4.97. The fourth-order valence-electron chi connectivity index (χ4n) is 1.87. The molecule has 2 heterocycles. The highest BCUT2D eigenvalue weighted by Crippen LogP contribution is 2.22. The first-order chi connectivity index (χ1) is 9.60. The van der Waals surface area contributed by atoms with Crippen LogP contribution >= 0.6 is 0 Å². The highest BCUT2D eigenvalue weighted by molar-refractivity contribution is 5.47. The molecule has 0 aromatic carbocycles. The van der Waals surface area contributed by atoms with Crippen LogP contribution in [0.2, 0.25) is 0 Å². The van der Waals surface area contributed by atoms with Crippen molar-refractivity contribution in [2.24, 2.45) is 0 Å². The average Bonchev–Trinajstić information content (AvgIpc) is 2.86. The van der Waals surface area contributed by atoms with Gasteiger partial charge in [0.05, 0.1) is 6.04 Å². The van der Waals surface area contributed by atoms with Crippen molar-refractivity contribution in [3.8, 4) is 0 Å². The summed E-state index contributed by atoms with van der Waals surface area (Å²) in [4.78, 5) is 8.78. The Balaban J connectivity index is 2.11. The Kier molecular flexibility index (Phi) is 4.61. The van der Waals surface area contributed by atoms with Crippen LogP contribution in [0.15, 0.2) is 22.7 Å². The molecule has 2 aromatic heterocycles. The van der Waals surface area contributed by atoms with E-state index in [4.69, 9.17) is 4.42 Å². The molecule has 2 aromatic rings. The fraction of sp³-hybridized carbons (Fsp3) is 0.467. The molecular weight excluding hydrogens is 252 g/mol. The maximum atomic E-state index is 5.63. The van der Waals surface area contributed by atoms with E-state index in [9.17, 15) is 0 Å². The van der Waals surface area contributed by atoms with Gasteiger partial charge in [0.2, 0.25) is 5.95 Å². The van der Waals surface area contributed by atoms with Gasteiger partial charge in [0.1, 0.15) is 17.3 Å². The molecule has 0 fully saturated rings. The SMILES string of the molecule is CCCNc1ncc(C)c(NC(C)c2ccc(C)o2)n1. The molecule has 108 valence electrons. The number of hydrogen-bond donors (Lipinski definition) is 2. The number of rotatable bonds is 6. The van der Waals surface area contributed by atoms with Crippen molar-refractivity contribution in [3.05, 3.63) is 35.4 Å². The van der Waals surface area contributed by atoms with Gasteiger partial charge >= 0.3 is 0 Å². The molecule has 0 saturated heterocycles. The summed E-state index contributed by atoms with van der Waals surface area (Å²) in [6.07, 6.45) is 2.87. The minimum absolute atomic E-state index is 0.0660. The van der Waals surface area contributed by atoms with Crippen LogP contribution in [0.3, 0.4) is 0 Å². The smallest absolute Gasteiger partial charge is 0.224 e. The van der Waals surface area contributed by atoms with E-state index in [1.807, 2.05) is 32.2 Å². The van der Waals surface area contributed by atoms with Crippen LogP contribution in [0.5, 0.6) is 0 Å². The summed E-state index contributed by atoms with van der Waals surface area (Å²) in [6, 6.07) is 4.02. The Morgan fingerprint density at radius 3 is 2.75 bits per heavy atom. The zero-order valence-corrected chi connectivity index (χ0v) is 12.5. The number of aromatic nitrogens is 2. The van der Waals surface area contributed by atoms with Gasteiger partial charge in [0.25, 0.3) is 0 Å². The molecule has 0 spiro atoms. The third-order valence-corrected chi connectivity index (χ3v) is 3.05. The molecule has 2 rings (SSSR count). The van der Waals surface area contributed by atoms with E-state index in [-0.39, 0.29) is 6.04 Å². The Bertz CT molecular complexity index is 565. The summed E-state index contributed by atoms with van der Waals surface area (Å²) in [7, 11) is 0. The standard InChI is InChI=1S/C15H22N4O/c1-5-8-16-15-17-9-10(2)14(19-15)18-12(4)13-7-6-11(3)20-13/h6-7,9,12H,5,8H2,1-4H3,(H2,16,17,18,19). The van der Waals surface area contributed by atoms with E-state index in [0.29, 0.717) is 5.95 Å². The lowest BCUT2D eigenvalue weighted by atomic mass is 10.2. The van der Waals surface area contributed by atoms with Gasteiger partial charge in [0, 0.05) is 18.3 Å². The van der Waals surface area contributed by atoms with Crippen LogP contribution in [0.4, 0.5) is 11.8 Å². The van der Waals surface area contributed by atoms with Crippen LogP contribution in [0.25, 0.3) is 0 Å². The van der Waals surface area contributed by atoms with Crippen LogP contribution in [0.1, 0.15) is 43.4 Å². The second kappa shape index (κ2) is 6.41. The van der Waals surface area contributed by atoms with E-state index in [1.165, 1.54) is 0 Å². The zero-order chi connectivity index (χ0) is 14.5. The molecule has 0 aliphatic rings. The van der Waals surface area contributed by atoms with E-state index in [0.717, 1.165) is 35.9 Å². The summed E-state index contributed by atoms with van der Waals surface area (Å²) < 4.78 is 5.63. The van der Waals surface area contributed by atoms with E-state index >= 15 is 0 Å². The first-order valence-electron chi connectivity index (χ1n) is 7.00. The van der Waals surface area contributed by atoms with Gasteiger partial charge < -0.3 is 15.1 Å². The third-order valence-electron chi connectivity index (χ3n) is 3.05. The lowest BCUT2D eigenvalue weighted by molar-refractivity contribution is 0.466. The van der Waals surface area contributed by atoms with Crippen molar-refractivity contribution in [1.82, 2.24) is 9.97 Å². The minimum Gasteiger partial charge on any atom is -0.464 e. The summed E-state index contributed by atoms with van der Waals surface area (Å²) in [5, 5.41) is 6.57. The van der Waals surface area contributed by atoms with Crippen molar-refractivity contribution in [2.45, 2.75) is 40.2 Å². The number of furan rings is 1. The molecule has 0 saturated carbocycles. The Morgan fingerprint density at radius 1 is 1.30 bits per heavy atom. The van der Waals surface area contributed by atoms with E-state index in [2.05, 4.69) is 34.4 Å². The summed E-state index contributed by atoms with van der Waals surface area (Å²) in [5.41, 5.74) is 1.02. The molecule has 2 N–H and O–H groups in total. The van der Waals surface area contributed by atoms with Gasteiger partial charge in [-0.2, -0.15) is 4.98 Å². The molecule has 0 amide bonds. The maximum absolute atomic E-state index is 5.63. The first kappa shape index (κ1) is 14.4. The monoisotopic (exact) mass is 274 g/mol. The Labute approximate surface area is 119 Å². The van der Waals surface area contributed by atoms with Gasteiger partial charge in [-0.3, -0.25) is 0 Å². The third kappa shape index (κ3) is 3.50. The topological polar surface area (TPSA) is 63.0 Å². The normalized spacial score (nSPS) is 12.2.